The molecule has 0 saturated carbocycles. The molecule has 4 heteroatoms. The highest BCUT2D eigenvalue weighted by molar-refractivity contribution is 7.85. The van der Waals surface area contributed by atoms with Gasteiger partial charge in [-0.1, -0.05) is 174 Å². The molecule has 0 aliphatic carbocycles. The predicted octanol–water partition coefficient (Wildman–Crippen LogP) is 12.4. The van der Waals surface area contributed by atoms with Crippen LogP contribution >= 0.6 is 0 Å². The fourth-order valence-electron chi connectivity index (χ4n) is 5.74. The lowest BCUT2D eigenvalue weighted by Gasteiger charge is -2.15. The molecule has 0 aromatic carbocycles. The zero-order valence-corrected chi connectivity index (χ0v) is 27.4. The van der Waals surface area contributed by atoms with Crippen molar-refractivity contribution in [1.29, 1.82) is 0 Å². The predicted molar refractivity (Wildman–Crippen MR) is 174 cm³/mol. The summed E-state index contributed by atoms with van der Waals surface area (Å²) >= 11 is 0. The second kappa shape index (κ2) is 30.6. The maximum atomic E-state index is 11.5. The summed E-state index contributed by atoms with van der Waals surface area (Å²) in [5.74, 6) is 0.0803. The minimum absolute atomic E-state index is 0.0468. The van der Waals surface area contributed by atoms with Crippen molar-refractivity contribution in [3.63, 3.8) is 0 Å². The highest BCUT2D eigenvalue weighted by Gasteiger charge is 2.16. The van der Waals surface area contributed by atoms with Crippen LogP contribution in [-0.4, -0.2) is 18.7 Å². The van der Waals surface area contributed by atoms with Gasteiger partial charge in [-0.15, -0.1) is 0 Å². The van der Waals surface area contributed by atoms with E-state index in [4.69, 9.17) is 0 Å². The van der Waals surface area contributed by atoms with Gasteiger partial charge in [-0.25, -0.2) is 0 Å². The molecule has 0 saturated heterocycles. The molecule has 1 N–H and O–H groups in total. The monoisotopic (exact) mass is 571 g/mol. The van der Waals surface area contributed by atoms with Gasteiger partial charge >= 0.3 is 0 Å². The normalized spacial score (nSPS) is 13.0. The second-order valence-corrected chi connectivity index (χ2v) is 13.9. The van der Waals surface area contributed by atoms with Crippen molar-refractivity contribution in [2.24, 2.45) is 5.92 Å². The number of unbranched alkanes of at least 4 members (excludes halogenated alkanes) is 24. The van der Waals surface area contributed by atoms with Crippen molar-refractivity contribution in [3.05, 3.63) is 12.2 Å². The largest absolute Gasteiger partial charge is 0.286 e. The van der Waals surface area contributed by atoms with E-state index in [-0.39, 0.29) is 11.7 Å². The van der Waals surface area contributed by atoms with Gasteiger partial charge in [0, 0.05) is 0 Å². The third-order valence-electron chi connectivity index (χ3n) is 8.29. The van der Waals surface area contributed by atoms with E-state index in [0.717, 1.165) is 25.7 Å². The van der Waals surface area contributed by atoms with Crippen LogP contribution in [0, 0.1) is 5.92 Å². The molecule has 0 aliphatic heterocycles. The third-order valence-corrected chi connectivity index (χ3v) is 9.18. The highest BCUT2D eigenvalue weighted by Crippen LogP contribution is 2.21. The standard InChI is InChI=1S/C35H70O3S/c1-3-5-7-9-11-13-15-17-19-21-23-25-27-29-31-33-35(34-39(36,37)38)32-30-28-26-24-22-20-18-16-14-12-10-8-6-4-2/h17,19,35H,3-16,18,20-34H2,1-2H3,(H,36,37,38)/b19-17-. The molecule has 0 radical (unpaired) electrons. The fraction of sp³-hybridized carbons (Fsp3) is 0.943. The first-order chi connectivity index (χ1) is 19.0. The third kappa shape index (κ3) is 33.8. The summed E-state index contributed by atoms with van der Waals surface area (Å²) < 4.78 is 32.4. The first kappa shape index (κ1) is 38.6. The average molecular weight is 571 g/mol. The van der Waals surface area contributed by atoms with Crippen molar-refractivity contribution < 1.29 is 13.0 Å². The molecule has 1 atom stereocenters. The molecule has 0 aromatic rings. The van der Waals surface area contributed by atoms with Crippen LogP contribution in [0.5, 0.6) is 0 Å². The molecule has 0 spiro atoms. The van der Waals surface area contributed by atoms with Crippen LogP contribution in [0.25, 0.3) is 0 Å². The Morgan fingerprint density at radius 1 is 0.462 bits per heavy atom. The Hall–Kier alpha value is -0.350. The Bertz CT molecular complexity index is 599. The first-order valence-electron chi connectivity index (χ1n) is 17.6. The molecule has 0 rings (SSSR count). The Labute approximate surface area is 246 Å². The van der Waals surface area contributed by atoms with Gasteiger partial charge < -0.3 is 0 Å². The maximum absolute atomic E-state index is 11.5. The molecule has 39 heavy (non-hydrogen) atoms. The van der Waals surface area contributed by atoms with Gasteiger partial charge in [0.25, 0.3) is 10.1 Å². The number of hydrogen-bond acceptors (Lipinski definition) is 2. The summed E-state index contributed by atoms with van der Waals surface area (Å²) in [4.78, 5) is 0. The summed E-state index contributed by atoms with van der Waals surface area (Å²) in [6, 6.07) is 0. The van der Waals surface area contributed by atoms with Crippen LogP contribution in [0.2, 0.25) is 0 Å². The summed E-state index contributed by atoms with van der Waals surface area (Å²) in [7, 11) is -3.87. The second-order valence-electron chi connectivity index (χ2n) is 12.4. The Morgan fingerprint density at radius 2 is 0.744 bits per heavy atom. The van der Waals surface area contributed by atoms with Crippen molar-refractivity contribution in [2.45, 2.75) is 200 Å². The summed E-state index contributed by atoms with van der Waals surface area (Å²) in [6.07, 6.45) is 42.1. The van der Waals surface area contributed by atoms with E-state index < -0.39 is 10.1 Å². The molecule has 0 bridgehead atoms. The van der Waals surface area contributed by atoms with Gasteiger partial charge in [-0.05, 0) is 44.4 Å². The van der Waals surface area contributed by atoms with Crippen molar-refractivity contribution in [2.75, 3.05) is 5.75 Å². The molecule has 0 heterocycles. The lowest BCUT2D eigenvalue weighted by atomic mass is 9.95. The van der Waals surface area contributed by atoms with Gasteiger partial charge in [-0.3, -0.25) is 4.55 Å². The minimum atomic E-state index is -3.87. The van der Waals surface area contributed by atoms with E-state index in [0.29, 0.717) is 0 Å². The molecule has 1 unspecified atom stereocenters. The van der Waals surface area contributed by atoms with Crippen LogP contribution in [0.1, 0.15) is 200 Å². The van der Waals surface area contributed by atoms with Crippen LogP contribution in [0.15, 0.2) is 12.2 Å². The molecule has 0 amide bonds. The van der Waals surface area contributed by atoms with Crippen LogP contribution in [-0.2, 0) is 10.1 Å². The average Bonchev–Trinajstić information content (AvgIpc) is 2.90. The van der Waals surface area contributed by atoms with Gasteiger partial charge in [0.05, 0.1) is 5.75 Å². The number of hydrogen-bond donors (Lipinski definition) is 1. The van der Waals surface area contributed by atoms with E-state index >= 15 is 0 Å². The molecule has 0 aliphatic rings. The molecular weight excluding hydrogens is 500 g/mol. The quantitative estimate of drug-likeness (QED) is 0.0497. The van der Waals surface area contributed by atoms with Gasteiger partial charge in [0.15, 0.2) is 0 Å². The summed E-state index contributed by atoms with van der Waals surface area (Å²) in [5, 5.41) is 0. The van der Waals surface area contributed by atoms with Crippen LogP contribution in [0.4, 0.5) is 0 Å². The van der Waals surface area contributed by atoms with E-state index in [2.05, 4.69) is 26.0 Å². The summed E-state index contributed by atoms with van der Waals surface area (Å²) in [6.45, 7) is 4.55. The molecule has 0 aromatic heterocycles. The Morgan fingerprint density at radius 3 is 1.05 bits per heavy atom. The van der Waals surface area contributed by atoms with Crippen LogP contribution < -0.4 is 0 Å². The van der Waals surface area contributed by atoms with Gasteiger partial charge in [-0.2, -0.15) is 8.42 Å². The van der Waals surface area contributed by atoms with Crippen molar-refractivity contribution >= 4 is 10.1 Å². The lowest BCUT2D eigenvalue weighted by Crippen LogP contribution is -2.15. The Kier molecular flexibility index (Phi) is 30.3. The topological polar surface area (TPSA) is 54.4 Å². The van der Waals surface area contributed by atoms with Gasteiger partial charge in [0.1, 0.15) is 0 Å². The number of allylic oxidation sites excluding steroid dienone is 2. The highest BCUT2D eigenvalue weighted by atomic mass is 32.2. The van der Waals surface area contributed by atoms with E-state index in [1.807, 2.05) is 0 Å². The van der Waals surface area contributed by atoms with Gasteiger partial charge in [0.2, 0.25) is 0 Å². The first-order valence-corrected chi connectivity index (χ1v) is 19.2. The molecule has 3 nitrogen and oxygen atoms in total. The van der Waals surface area contributed by atoms with Crippen molar-refractivity contribution in [3.8, 4) is 0 Å². The minimum Gasteiger partial charge on any atom is -0.286 e. The summed E-state index contributed by atoms with van der Waals surface area (Å²) in [5.41, 5.74) is 0. The zero-order chi connectivity index (χ0) is 28.7. The number of rotatable bonds is 32. The SMILES string of the molecule is CCCCCCCC/C=C\CCCCCCCC(CCCCCCCCCCCCCCCC)CS(=O)(=O)O. The van der Waals surface area contributed by atoms with E-state index in [9.17, 15) is 13.0 Å². The van der Waals surface area contributed by atoms with E-state index in [1.54, 1.807) is 0 Å². The lowest BCUT2D eigenvalue weighted by molar-refractivity contribution is 0.410. The molecule has 0 fully saturated rings. The van der Waals surface area contributed by atoms with Crippen LogP contribution in [0.3, 0.4) is 0 Å². The van der Waals surface area contributed by atoms with E-state index in [1.165, 1.54) is 161 Å². The smallest absolute Gasteiger partial charge is 0.265 e. The van der Waals surface area contributed by atoms with Crippen molar-refractivity contribution in [1.82, 2.24) is 0 Å². The molecular formula is C35H70O3S. The fourth-order valence-corrected chi connectivity index (χ4v) is 6.67. The maximum Gasteiger partial charge on any atom is 0.265 e. The molecule has 234 valence electrons. The zero-order valence-electron chi connectivity index (χ0n) is 26.6. The Balaban J connectivity index is 3.66.